The molecule has 7 heteroatoms. The van der Waals surface area contributed by atoms with Crippen molar-refractivity contribution in [1.29, 1.82) is 5.26 Å². The van der Waals surface area contributed by atoms with Gasteiger partial charge in [-0.3, -0.25) is 4.79 Å². The summed E-state index contributed by atoms with van der Waals surface area (Å²) in [5.74, 6) is -0.467. The minimum atomic E-state index is -3.55. The first-order valence-corrected chi connectivity index (χ1v) is 7.64. The van der Waals surface area contributed by atoms with Crippen LogP contribution in [0.5, 0.6) is 0 Å². The highest BCUT2D eigenvalue weighted by molar-refractivity contribution is 7.88. The number of amides is 1. The molecule has 1 aromatic carbocycles. The lowest BCUT2D eigenvalue weighted by atomic mass is 10.1. The van der Waals surface area contributed by atoms with Crippen molar-refractivity contribution >= 4 is 15.9 Å². The predicted molar refractivity (Wildman–Crippen MR) is 75.1 cm³/mol. The fraction of sp³-hybridized carbons (Fsp3) is 0.385. The van der Waals surface area contributed by atoms with E-state index in [1.807, 2.05) is 6.07 Å². The van der Waals surface area contributed by atoms with Gasteiger partial charge in [0.05, 0.1) is 17.4 Å². The van der Waals surface area contributed by atoms with Gasteiger partial charge in [0.25, 0.3) is 0 Å². The number of nitrogens with one attached hydrogen (secondary N) is 1. The van der Waals surface area contributed by atoms with Crippen molar-refractivity contribution in [3.05, 3.63) is 35.4 Å². The topological polar surface area (TPSA) is 90.3 Å². The van der Waals surface area contributed by atoms with E-state index in [2.05, 4.69) is 5.32 Å². The summed E-state index contributed by atoms with van der Waals surface area (Å²) in [6.45, 7) is 0.108. The molecule has 0 unspecified atom stereocenters. The summed E-state index contributed by atoms with van der Waals surface area (Å²) in [5, 5.41) is 11.4. The second kappa shape index (κ2) is 7.03. The molecule has 0 aromatic heterocycles. The standard InChI is InChI=1S/C13H17N3O3S/c1-15-13(17)7-8-16(2)20(18,19)10-12-6-4-3-5-11(12)9-14/h3-6H,7-8,10H2,1-2H3,(H,15,17). The van der Waals surface area contributed by atoms with Gasteiger partial charge < -0.3 is 5.32 Å². The molecule has 0 spiro atoms. The van der Waals surface area contributed by atoms with Crippen LogP contribution in [-0.2, 0) is 20.6 Å². The van der Waals surface area contributed by atoms with Gasteiger partial charge in [-0.25, -0.2) is 12.7 Å². The molecule has 6 nitrogen and oxygen atoms in total. The van der Waals surface area contributed by atoms with Crippen molar-refractivity contribution in [3.63, 3.8) is 0 Å². The number of benzene rings is 1. The highest BCUT2D eigenvalue weighted by Gasteiger charge is 2.20. The molecular weight excluding hydrogens is 278 g/mol. The number of sulfonamides is 1. The van der Waals surface area contributed by atoms with Gasteiger partial charge >= 0.3 is 0 Å². The van der Waals surface area contributed by atoms with Gasteiger partial charge in [-0.2, -0.15) is 5.26 Å². The molecule has 0 fully saturated rings. The van der Waals surface area contributed by atoms with Gasteiger partial charge in [-0.15, -0.1) is 0 Å². The third-order valence-electron chi connectivity index (χ3n) is 2.88. The highest BCUT2D eigenvalue weighted by Crippen LogP contribution is 2.14. The molecule has 1 amide bonds. The molecule has 108 valence electrons. The number of hydrogen-bond acceptors (Lipinski definition) is 4. The van der Waals surface area contributed by atoms with Crippen LogP contribution in [0.3, 0.4) is 0 Å². The lowest BCUT2D eigenvalue weighted by Crippen LogP contribution is -2.32. The summed E-state index contributed by atoms with van der Waals surface area (Å²) in [4.78, 5) is 11.1. The Balaban J connectivity index is 2.79. The first kappa shape index (κ1) is 16.1. The van der Waals surface area contributed by atoms with Crippen LogP contribution in [0, 0.1) is 11.3 Å². The molecule has 0 atom stereocenters. The number of nitrogens with zero attached hydrogens (tertiary/aromatic N) is 2. The summed E-state index contributed by atoms with van der Waals surface area (Å²) in [7, 11) is -0.624. The SMILES string of the molecule is CNC(=O)CCN(C)S(=O)(=O)Cc1ccccc1C#N. The zero-order valence-corrected chi connectivity index (χ0v) is 12.3. The van der Waals surface area contributed by atoms with Gasteiger partial charge in [0.15, 0.2) is 0 Å². The number of rotatable bonds is 6. The number of carbonyl (C=O) groups excluding carboxylic acids is 1. The molecule has 0 aliphatic rings. The Morgan fingerprint density at radius 3 is 2.65 bits per heavy atom. The summed E-state index contributed by atoms with van der Waals surface area (Å²) in [5.41, 5.74) is 0.803. The number of carbonyl (C=O) groups is 1. The Bertz CT molecular complexity index is 620. The summed E-state index contributed by atoms with van der Waals surface area (Å²) in [6, 6.07) is 8.54. The lowest BCUT2D eigenvalue weighted by molar-refractivity contribution is -0.120. The Morgan fingerprint density at radius 1 is 1.40 bits per heavy atom. The van der Waals surface area contributed by atoms with Crippen LogP contribution in [0.1, 0.15) is 17.5 Å². The molecule has 0 radical (unpaired) electrons. The van der Waals surface area contributed by atoms with Crippen molar-refractivity contribution in [2.45, 2.75) is 12.2 Å². The predicted octanol–water partition coefficient (Wildman–Crippen LogP) is 0.456. The third kappa shape index (κ3) is 4.33. The van der Waals surface area contributed by atoms with E-state index in [4.69, 9.17) is 5.26 Å². The van der Waals surface area contributed by atoms with E-state index in [1.165, 1.54) is 14.1 Å². The molecule has 0 aliphatic carbocycles. The lowest BCUT2D eigenvalue weighted by Gasteiger charge is -2.17. The van der Waals surface area contributed by atoms with Crippen LogP contribution < -0.4 is 5.32 Å². The van der Waals surface area contributed by atoms with Crippen molar-refractivity contribution < 1.29 is 13.2 Å². The average molecular weight is 295 g/mol. The van der Waals surface area contributed by atoms with Crippen molar-refractivity contribution in [1.82, 2.24) is 9.62 Å². The molecule has 1 aromatic rings. The Kier molecular flexibility index (Phi) is 5.67. The van der Waals surface area contributed by atoms with E-state index in [9.17, 15) is 13.2 Å². The molecule has 0 bridgehead atoms. The van der Waals surface area contributed by atoms with E-state index in [1.54, 1.807) is 24.3 Å². The molecule has 1 N–H and O–H groups in total. The minimum absolute atomic E-state index is 0.103. The maximum absolute atomic E-state index is 12.2. The molecule has 0 saturated heterocycles. The summed E-state index contributed by atoms with van der Waals surface area (Å²) >= 11 is 0. The quantitative estimate of drug-likeness (QED) is 0.825. The summed E-state index contributed by atoms with van der Waals surface area (Å²) < 4.78 is 25.4. The highest BCUT2D eigenvalue weighted by atomic mass is 32.2. The van der Waals surface area contributed by atoms with Crippen molar-refractivity contribution in [3.8, 4) is 6.07 Å². The van der Waals surface area contributed by atoms with E-state index in [0.717, 1.165) is 4.31 Å². The fourth-order valence-corrected chi connectivity index (χ4v) is 2.82. The monoisotopic (exact) mass is 295 g/mol. The number of hydrogen-bond donors (Lipinski definition) is 1. The largest absolute Gasteiger partial charge is 0.359 e. The second-order valence-electron chi connectivity index (χ2n) is 4.27. The minimum Gasteiger partial charge on any atom is -0.359 e. The molecule has 20 heavy (non-hydrogen) atoms. The Labute approximate surface area is 119 Å². The van der Waals surface area contributed by atoms with Gasteiger partial charge in [-0.1, -0.05) is 18.2 Å². The summed E-state index contributed by atoms with van der Waals surface area (Å²) in [6.07, 6.45) is 0.103. The van der Waals surface area contributed by atoms with Crippen LogP contribution in [0.2, 0.25) is 0 Å². The average Bonchev–Trinajstić information content (AvgIpc) is 2.44. The third-order valence-corrected chi connectivity index (χ3v) is 4.69. The van der Waals surface area contributed by atoms with Crippen LogP contribution in [0.25, 0.3) is 0 Å². The van der Waals surface area contributed by atoms with Gasteiger partial charge in [0, 0.05) is 27.1 Å². The smallest absolute Gasteiger partial charge is 0.221 e. The van der Waals surface area contributed by atoms with E-state index in [-0.39, 0.29) is 24.6 Å². The van der Waals surface area contributed by atoms with Gasteiger partial charge in [0.2, 0.25) is 15.9 Å². The molecular formula is C13H17N3O3S. The van der Waals surface area contributed by atoms with E-state index >= 15 is 0 Å². The first-order chi connectivity index (χ1) is 9.40. The maximum atomic E-state index is 12.2. The molecule has 0 heterocycles. The molecule has 0 aliphatic heterocycles. The van der Waals surface area contributed by atoms with Crippen LogP contribution in [0.15, 0.2) is 24.3 Å². The first-order valence-electron chi connectivity index (χ1n) is 6.03. The van der Waals surface area contributed by atoms with E-state index in [0.29, 0.717) is 11.1 Å². The number of nitriles is 1. The maximum Gasteiger partial charge on any atom is 0.221 e. The van der Waals surface area contributed by atoms with E-state index < -0.39 is 10.0 Å². The Hall–Kier alpha value is -1.91. The zero-order valence-electron chi connectivity index (χ0n) is 11.5. The van der Waals surface area contributed by atoms with Crippen LogP contribution in [-0.4, -0.2) is 39.3 Å². The van der Waals surface area contributed by atoms with Gasteiger partial charge in [0.1, 0.15) is 0 Å². The Morgan fingerprint density at radius 2 is 2.05 bits per heavy atom. The van der Waals surface area contributed by atoms with Crippen molar-refractivity contribution in [2.75, 3.05) is 20.6 Å². The van der Waals surface area contributed by atoms with Crippen molar-refractivity contribution in [2.24, 2.45) is 0 Å². The zero-order chi connectivity index (χ0) is 15.2. The fourth-order valence-electron chi connectivity index (χ4n) is 1.59. The normalized spacial score (nSPS) is 11.1. The second-order valence-corrected chi connectivity index (χ2v) is 6.35. The molecule has 0 saturated carbocycles. The van der Waals surface area contributed by atoms with Gasteiger partial charge in [-0.05, 0) is 11.6 Å². The van der Waals surface area contributed by atoms with Crippen LogP contribution in [0.4, 0.5) is 0 Å². The van der Waals surface area contributed by atoms with Crippen LogP contribution >= 0.6 is 0 Å². The molecule has 1 rings (SSSR count).